The van der Waals surface area contributed by atoms with Crippen LogP contribution in [0.4, 0.5) is 4.39 Å². The third-order valence-corrected chi connectivity index (χ3v) is 3.49. The fourth-order valence-corrected chi connectivity index (χ4v) is 2.54. The maximum atomic E-state index is 13.5. The van der Waals surface area contributed by atoms with Crippen LogP contribution < -0.4 is 0 Å². The van der Waals surface area contributed by atoms with Crippen molar-refractivity contribution in [3.05, 3.63) is 29.6 Å². The van der Waals surface area contributed by atoms with Crippen molar-refractivity contribution in [2.45, 2.75) is 17.1 Å². The zero-order valence-electron chi connectivity index (χ0n) is 8.33. The fraction of sp³-hybridized carbons (Fsp3) is 0.364. The van der Waals surface area contributed by atoms with Crippen LogP contribution in [0.2, 0.25) is 0 Å². The largest absolute Gasteiger partial charge is 0.379 e. The Bertz CT molecular complexity index is 388. The van der Waals surface area contributed by atoms with Crippen LogP contribution in [0.15, 0.2) is 23.1 Å². The van der Waals surface area contributed by atoms with E-state index in [-0.39, 0.29) is 16.9 Å². The molecule has 2 rings (SSSR count). The molecule has 2 nitrogen and oxygen atoms in total. The summed E-state index contributed by atoms with van der Waals surface area (Å²) in [6.45, 7) is 2.72. The van der Waals surface area contributed by atoms with Crippen molar-refractivity contribution in [1.82, 2.24) is 0 Å². The first-order chi connectivity index (χ1) is 7.18. The summed E-state index contributed by atoms with van der Waals surface area (Å²) < 4.78 is 18.5. The van der Waals surface area contributed by atoms with Gasteiger partial charge in [0.25, 0.3) is 0 Å². The van der Waals surface area contributed by atoms with Gasteiger partial charge in [0.1, 0.15) is 5.82 Å². The van der Waals surface area contributed by atoms with Gasteiger partial charge in [0, 0.05) is 5.56 Å². The molecule has 80 valence electrons. The molecule has 0 saturated carbocycles. The number of benzene rings is 1. The summed E-state index contributed by atoms with van der Waals surface area (Å²) in [6.07, 6.45) is 0. The predicted molar refractivity (Wildman–Crippen MR) is 56.9 cm³/mol. The summed E-state index contributed by atoms with van der Waals surface area (Å²) in [5.74, 6) is -0.420. The Kier molecular flexibility index (Phi) is 3.07. The second kappa shape index (κ2) is 4.33. The van der Waals surface area contributed by atoms with Gasteiger partial charge < -0.3 is 4.74 Å². The standard InChI is InChI=1S/C11H11FO2S/c1-7(13)9-3-2-4-10(12)11(9)15-8-5-14-6-8/h2-4,8H,5-6H2,1H3. The lowest BCUT2D eigenvalue weighted by molar-refractivity contribution is 0.0454. The van der Waals surface area contributed by atoms with Gasteiger partial charge in [-0.25, -0.2) is 4.39 Å². The molecule has 0 amide bonds. The number of ether oxygens (including phenoxy) is 1. The first-order valence-corrected chi connectivity index (χ1v) is 5.60. The molecule has 0 atom stereocenters. The van der Waals surface area contributed by atoms with Gasteiger partial charge in [-0.05, 0) is 13.0 Å². The normalized spacial score (nSPS) is 16.1. The van der Waals surface area contributed by atoms with E-state index in [4.69, 9.17) is 4.74 Å². The molecule has 0 unspecified atom stereocenters. The van der Waals surface area contributed by atoms with Gasteiger partial charge in [0.05, 0.1) is 23.4 Å². The number of carbonyl (C=O) groups is 1. The minimum atomic E-state index is -0.320. The van der Waals surface area contributed by atoms with Crippen molar-refractivity contribution in [3.63, 3.8) is 0 Å². The lowest BCUT2D eigenvalue weighted by Crippen LogP contribution is -2.30. The van der Waals surface area contributed by atoms with Crippen LogP contribution in [-0.2, 0) is 4.74 Å². The zero-order chi connectivity index (χ0) is 10.8. The third kappa shape index (κ3) is 2.21. The van der Waals surface area contributed by atoms with E-state index in [9.17, 15) is 9.18 Å². The number of halogens is 1. The van der Waals surface area contributed by atoms with Gasteiger partial charge in [-0.1, -0.05) is 12.1 Å². The topological polar surface area (TPSA) is 26.3 Å². The molecule has 1 aliphatic rings. The SMILES string of the molecule is CC(=O)c1cccc(F)c1SC1COC1. The van der Waals surface area contributed by atoms with Gasteiger partial charge in [-0.2, -0.15) is 0 Å². The fourth-order valence-electron chi connectivity index (χ4n) is 1.35. The monoisotopic (exact) mass is 226 g/mol. The number of Topliss-reactive ketones (excluding diaryl/α,β-unsaturated/α-hetero) is 1. The third-order valence-electron chi connectivity index (χ3n) is 2.24. The van der Waals surface area contributed by atoms with Crippen LogP contribution in [0.3, 0.4) is 0 Å². The summed E-state index contributed by atoms with van der Waals surface area (Å²) in [4.78, 5) is 11.8. The summed E-state index contributed by atoms with van der Waals surface area (Å²) in [5, 5.41) is 0.278. The Morgan fingerprint density at radius 1 is 1.53 bits per heavy atom. The molecule has 0 aromatic heterocycles. The summed E-state index contributed by atoms with van der Waals surface area (Å²) >= 11 is 1.39. The predicted octanol–water partition coefficient (Wildman–Crippen LogP) is 2.52. The molecule has 1 saturated heterocycles. The molecular formula is C11H11FO2S. The minimum absolute atomic E-state index is 0.0998. The van der Waals surface area contributed by atoms with Crippen molar-refractivity contribution in [1.29, 1.82) is 0 Å². The summed E-state index contributed by atoms with van der Waals surface area (Å²) in [6, 6.07) is 4.61. The van der Waals surface area contributed by atoms with E-state index in [1.165, 1.54) is 24.8 Å². The van der Waals surface area contributed by atoms with Crippen LogP contribution >= 0.6 is 11.8 Å². The highest BCUT2D eigenvalue weighted by atomic mass is 32.2. The molecule has 1 heterocycles. The highest BCUT2D eigenvalue weighted by Gasteiger charge is 2.23. The molecule has 1 fully saturated rings. The Hall–Kier alpha value is -0.870. The van der Waals surface area contributed by atoms with Crippen molar-refractivity contribution in [2.75, 3.05) is 13.2 Å². The molecule has 0 spiro atoms. The second-order valence-corrected chi connectivity index (χ2v) is 4.76. The number of rotatable bonds is 3. The Balaban J connectivity index is 2.29. The maximum absolute atomic E-state index is 13.5. The van der Waals surface area contributed by atoms with E-state index >= 15 is 0 Å². The highest BCUT2D eigenvalue weighted by molar-refractivity contribution is 8.00. The Morgan fingerprint density at radius 3 is 2.80 bits per heavy atom. The zero-order valence-corrected chi connectivity index (χ0v) is 9.14. The summed E-state index contributed by atoms with van der Waals surface area (Å²) in [5.41, 5.74) is 0.465. The molecular weight excluding hydrogens is 215 g/mol. The van der Waals surface area contributed by atoms with E-state index in [1.54, 1.807) is 12.1 Å². The summed E-state index contributed by atoms with van der Waals surface area (Å²) in [7, 11) is 0. The van der Waals surface area contributed by atoms with E-state index in [2.05, 4.69) is 0 Å². The quantitative estimate of drug-likeness (QED) is 0.741. The average Bonchev–Trinajstić information content (AvgIpc) is 2.12. The molecule has 0 N–H and O–H groups in total. The van der Waals surface area contributed by atoms with Crippen molar-refractivity contribution < 1.29 is 13.9 Å². The van der Waals surface area contributed by atoms with Gasteiger partial charge in [-0.15, -0.1) is 11.8 Å². The lowest BCUT2D eigenvalue weighted by Gasteiger charge is -2.25. The van der Waals surface area contributed by atoms with Crippen molar-refractivity contribution in [3.8, 4) is 0 Å². The van der Waals surface area contributed by atoms with E-state index in [0.29, 0.717) is 23.7 Å². The Morgan fingerprint density at radius 2 is 2.27 bits per heavy atom. The van der Waals surface area contributed by atoms with E-state index < -0.39 is 0 Å². The number of carbonyl (C=O) groups excluding carboxylic acids is 1. The van der Waals surface area contributed by atoms with Gasteiger partial charge in [-0.3, -0.25) is 4.79 Å². The van der Waals surface area contributed by atoms with E-state index in [0.717, 1.165) is 0 Å². The van der Waals surface area contributed by atoms with Crippen LogP contribution in [0.25, 0.3) is 0 Å². The van der Waals surface area contributed by atoms with Gasteiger partial charge >= 0.3 is 0 Å². The van der Waals surface area contributed by atoms with E-state index in [1.807, 2.05) is 0 Å². The van der Waals surface area contributed by atoms with Crippen LogP contribution in [0.1, 0.15) is 17.3 Å². The van der Waals surface area contributed by atoms with Crippen LogP contribution in [0.5, 0.6) is 0 Å². The number of hydrogen-bond acceptors (Lipinski definition) is 3. The molecule has 4 heteroatoms. The highest BCUT2D eigenvalue weighted by Crippen LogP contribution is 2.32. The van der Waals surface area contributed by atoms with Crippen molar-refractivity contribution in [2.24, 2.45) is 0 Å². The number of thioether (sulfide) groups is 1. The maximum Gasteiger partial charge on any atom is 0.161 e. The van der Waals surface area contributed by atoms with Crippen molar-refractivity contribution >= 4 is 17.5 Å². The first kappa shape index (κ1) is 10.6. The molecule has 1 aromatic rings. The van der Waals surface area contributed by atoms with Gasteiger partial charge in [0.2, 0.25) is 0 Å². The average molecular weight is 226 g/mol. The second-order valence-electron chi connectivity index (χ2n) is 3.45. The smallest absolute Gasteiger partial charge is 0.161 e. The molecule has 1 aliphatic heterocycles. The van der Waals surface area contributed by atoms with Crippen LogP contribution in [0, 0.1) is 5.82 Å². The molecule has 0 aliphatic carbocycles. The number of hydrogen-bond donors (Lipinski definition) is 0. The molecule has 15 heavy (non-hydrogen) atoms. The minimum Gasteiger partial charge on any atom is -0.379 e. The molecule has 0 radical (unpaired) electrons. The molecule has 0 bridgehead atoms. The first-order valence-electron chi connectivity index (χ1n) is 4.72. The van der Waals surface area contributed by atoms with Gasteiger partial charge in [0.15, 0.2) is 5.78 Å². The Labute approximate surface area is 91.8 Å². The lowest BCUT2D eigenvalue weighted by atomic mass is 10.1. The molecule has 1 aromatic carbocycles. The van der Waals surface area contributed by atoms with Crippen LogP contribution in [-0.4, -0.2) is 24.2 Å². The number of ketones is 1.